The molecule has 15 heavy (non-hydrogen) atoms. The van der Waals surface area contributed by atoms with E-state index in [-0.39, 0.29) is 5.56 Å². The molecule has 2 aromatic heterocycles. The standard InChI is InChI=1S/C12H12N2O/c1-10-4-6-14(12(15)7-10)9-11-3-2-5-13-8-11/h2-8H,9H2,1H3. The molecular weight excluding hydrogens is 188 g/mol. The van der Waals surface area contributed by atoms with Crippen LogP contribution in [0.2, 0.25) is 0 Å². The minimum absolute atomic E-state index is 0.0267. The molecule has 76 valence electrons. The Morgan fingerprint density at radius 3 is 2.93 bits per heavy atom. The van der Waals surface area contributed by atoms with Crippen LogP contribution < -0.4 is 5.56 Å². The van der Waals surface area contributed by atoms with Crippen LogP contribution in [-0.2, 0) is 6.54 Å². The van der Waals surface area contributed by atoms with Crippen LogP contribution in [-0.4, -0.2) is 9.55 Å². The van der Waals surface area contributed by atoms with Crippen molar-refractivity contribution in [2.45, 2.75) is 13.5 Å². The largest absolute Gasteiger partial charge is 0.311 e. The molecule has 0 radical (unpaired) electrons. The number of aryl methyl sites for hydroxylation is 1. The van der Waals surface area contributed by atoms with Gasteiger partial charge in [0.1, 0.15) is 0 Å². The first-order chi connectivity index (χ1) is 7.25. The van der Waals surface area contributed by atoms with E-state index in [0.717, 1.165) is 11.1 Å². The van der Waals surface area contributed by atoms with Crippen molar-refractivity contribution in [2.75, 3.05) is 0 Å². The second kappa shape index (κ2) is 4.09. The second-order valence-electron chi connectivity index (χ2n) is 3.53. The number of pyridine rings is 2. The average molecular weight is 200 g/mol. The Labute approximate surface area is 88.0 Å². The zero-order valence-corrected chi connectivity index (χ0v) is 8.55. The van der Waals surface area contributed by atoms with E-state index in [0.29, 0.717) is 6.54 Å². The molecule has 0 bridgehead atoms. The summed E-state index contributed by atoms with van der Waals surface area (Å²) in [6.07, 6.45) is 5.30. The van der Waals surface area contributed by atoms with Crippen LogP contribution in [0.1, 0.15) is 11.1 Å². The second-order valence-corrected chi connectivity index (χ2v) is 3.53. The van der Waals surface area contributed by atoms with Crippen LogP contribution in [0.25, 0.3) is 0 Å². The Hall–Kier alpha value is -1.90. The maximum atomic E-state index is 11.6. The molecule has 0 atom stereocenters. The number of hydrogen-bond acceptors (Lipinski definition) is 2. The van der Waals surface area contributed by atoms with Gasteiger partial charge in [0, 0.05) is 24.7 Å². The molecule has 0 aromatic carbocycles. The van der Waals surface area contributed by atoms with E-state index >= 15 is 0 Å². The smallest absolute Gasteiger partial charge is 0.251 e. The molecule has 2 aromatic rings. The third kappa shape index (κ3) is 2.31. The highest BCUT2D eigenvalue weighted by Crippen LogP contribution is 1.99. The van der Waals surface area contributed by atoms with Crippen LogP contribution in [0.3, 0.4) is 0 Å². The first-order valence-corrected chi connectivity index (χ1v) is 4.82. The van der Waals surface area contributed by atoms with E-state index in [1.807, 2.05) is 31.3 Å². The lowest BCUT2D eigenvalue weighted by Crippen LogP contribution is -2.19. The monoisotopic (exact) mass is 200 g/mol. The molecule has 3 heteroatoms. The highest BCUT2D eigenvalue weighted by molar-refractivity contribution is 5.12. The maximum absolute atomic E-state index is 11.6. The Morgan fingerprint density at radius 1 is 1.40 bits per heavy atom. The quantitative estimate of drug-likeness (QED) is 0.738. The summed E-state index contributed by atoms with van der Waals surface area (Å²) in [6, 6.07) is 7.39. The molecule has 0 fully saturated rings. The van der Waals surface area contributed by atoms with Crippen molar-refractivity contribution in [3.05, 3.63) is 64.3 Å². The SMILES string of the molecule is Cc1ccn(Cc2cccnc2)c(=O)c1. The van der Waals surface area contributed by atoms with Gasteiger partial charge in [-0.25, -0.2) is 0 Å². The summed E-state index contributed by atoms with van der Waals surface area (Å²) in [6.45, 7) is 2.49. The number of hydrogen-bond donors (Lipinski definition) is 0. The molecule has 0 N–H and O–H groups in total. The maximum Gasteiger partial charge on any atom is 0.251 e. The minimum atomic E-state index is 0.0267. The van der Waals surface area contributed by atoms with Gasteiger partial charge < -0.3 is 4.57 Å². The topological polar surface area (TPSA) is 34.9 Å². The van der Waals surface area contributed by atoms with Crippen LogP contribution in [0, 0.1) is 6.92 Å². The number of aromatic nitrogens is 2. The van der Waals surface area contributed by atoms with E-state index < -0.39 is 0 Å². The Bertz CT molecular complexity index is 503. The predicted octanol–water partition coefficient (Wildman–Crippen LogP) is 1.60. The predicted molar refractivity (Wildman–Crippen MR) is 58.8 cm³/mol. The fraction of sp³-hybridized carbons (Fsp3) is 0.167. The van der Waals surface area contributed by atoms with Gasteiger partial charge in [-0.15, -0.1) is 0 Å². The van der Waals surface area contributed by atoms with Crippen molar-refractivity contribution in [1.82, 2.24) is 9.55 Å². The molecule has 0 amide bonds. The van der Waals surface area contributed by atoms with Crippen molar-refractivity contribution < 1.29 is 0 Å². The van der Waals surface area contributed by atoms with Gasteiger partial charge in [0.05, 0.1) is 6.54 Å². The van der Waals surface area contributed by atoms with Crippen LogP contribution in [0.4, 0.5) is 0 Å². The highest BCUT2D eigenvalue weighted by atomic mass is 16.1. The Morgan fingerprint density at radius 2 is 2.27 bits per heavy atom. The third-order valence-corrected chi connectivity index (χ3v) is 2.23. The van der Waals surface area contributed by atoms with Crippen LogP contribution in [0.15, 0.2) is 47.7 Å². The van der Waals surface area contributed by atoms with Crippen LogP contribution in [0.5, 0.6) is 0 Å². The first-order valence-electron chi connectivity index (χ1n) is 4.82. The summed E-state index contributed by atoms with van der Waals surface area (Å²) in [5, 5.41) is 0. The molecule has 0 aliphatic rings. The van der Waals surface area contributed by atoms with Gasteiger partial charge in [-0.05, 0) is 30.2 Å². The van der Waals surface area contributed by atoms with E-state index in [4.69, 9.17) is 0 Å². The summed E-state index contributed by atoms with van der Waals surface area (Å²) < 4.78 is 1.67. The van der Waals surface area contributed by atoms with E-state index in [1.165, 1.54) is 0 Å². The van der Waals surface area contributed by atoms with Crippen molar-refractivity contribution in [2.24, 2.45) is 0 Å². The lowest BCUT2D eigenvalue weighted by atomic mass is 10.2. The van der Waals surface area contributed by atoms with Crippen molar-refractivity contribution in [3.63, 3.8) is 0 Å². The van der Waals surface area contributed by atoms with Gasteiger partial charge >= 0.3 is 0 Å². The van der Waals surface area contributed by atoms with Gasteiger partial charge in [-0.2, -0.15) is 0 Å². The molecule has 0 saturated carbocycles. The molecule has 0 aliphatic heterocycles. The summed E-state index contributed by atoms with van der Waals surface area (Å²) in [5.74, 6) is 0. The molecule has 0 unspecified atom stereocenters. The van der Waals surface area contributed by atoms with Crippen molar-refractivity contribution in [3.8, 4) is 0 Å². The normalized spacial score (nSPS) is 10.2. The van der Waals surface area contributed by atoms with Gasteiger partial charge in [-0.1, -0.05) is 6.07 Å². The highest BCUT2D eigenvalue weighted by Gasteiger charge is 1.97. The number of nitrogens with zero attached hydrogens (tertiary/aromatic N) is 2. The fourth-order valence-corrected chi connectivity index (χ4v) is 1.43. The van der Waals surface area contributed by atoms with E-state index in [2.05, 4.69) is 4.98 Å². The lowest BCUT2D eigenvalue weighted by Gasteiger charge is -2.04. The summed E-state index contributed by atoms with van der Waals surface area (Å²) in [5.41, 5.74) is 2.05. The molecule has 2 heterocycles. The van der Waals surface area contributed by atoms with E-state index in [1.54, 1.807) is 23.0 Å². The van der Waals surface area contributed by atoms with Crippen molar-refractivity contribution in [1.29, 1.82) is 0 Å². The Balaban J connectivity index is 2.29. The molecule has 0 saturated heterocycles. The molecule has 0 spiro atoms. The summed E-state index contributed by atoms with van der Waals surface area (Å²) in [4.78, 5) is 15.6. The molecule has 0 aliphatic carbocycles. The lowest BCUT2D eigenvalue weighted by molar-refractivity contribution is 0.754. The molecular formula is C12H12N2O. The van der Waals surface area contributed by atoms with E-state index in [9.17, 15) is 4.79 Å². The zero-order chi connectivity index (χ0) is 10.7. The summed E-state index contributed by atoms with van der Waals surface area (Å²) in [7, 11) is 0. The van der Waals surface area contributed by atoms with Gasteiger partial charge in [0.25, 0.3) is 5.56 Å². The Kier molecular flexibility index (Phi) is 2.63. The third-order valence-electron chi connectivity index (χ3n) is 2.23. The summed E-state index contributed by atoms with van der Waals surface area (Å²) >= 11 is 0. The van der Waals surface area contributed by atoms with Crippen molar-refractivity contribution >= 4 is 0 Å². The van der Waals surface area contributed by atoms with Crippen LogP contribution >= 0.6 is 0 Å². The average Bonchev–Trinajstić information content (AvgIpc) is 2.24. The van der Waals surface area contributed by atoms with Gasteiger partial charge in [0.2, 0.25) is 0 Å². The van der Waals surface area contributed by atoms with Gasteiger partial charge in [0.15, 0.2) is 0 Å². The first kappa shape index (κ1) is 9.65. The fourth-order valence-electron chi connectivity index (χ4n) is 1.43. The molecule has 2 rings (SSSR count). The molecule has 3 nitrogen and oxygen atoms in total. The minimum Gasteiger partial charge on any atom is -0.311 e. The van der Waals surface area contributed by atoms with Gasteiger partial charge in [-0.3, -0.25) is 9.78 Å². The number of rotatable bonds is 2. The zero-order valence-electron chi connectivity index (χ0n) is 8.55.